The third-order valence-electron chi connectivity index (χ3n) is 5.75. The molecule has 0 saturated carbocycles. The van der Waals surface area contributed by atoms with Crippen LogP contribution in [0.1, 0.15) is 50.6 Å². The van der Waals surface area contributed by atoms with Gasteiger partial charge in [-0.05, 0) is 49.8 Å². The second kappa shape index (κ2) is 8.16. The van der Waals surface area contributed by atoms with Crippen LogP contribution in [0.2, 0.25) is 0 Å². The lowest BCUT2D eigenvalue weighted by molar-refractivity contribution is -0.139. The van der Waals surface area contributed by atoms with E-state index in [1.807, 2.05) is 17.0 Å². The topological polar surface area (TPSA) is 79.0 Å². The first-order valence-corrected chi connectivity index (χ1v) is 11.0. The van der Waals surface area contributed by atoms with E-state index in [1.54, 1.807) is 19.2 Å². The number of piperidine rings is 1. The van der Waals surface area contributed by atoms with Crippen LogP contribution < -0.4 is 9.46 Å². The summed E-state index contributed by atoms with van der Waals surface area (Å²) in [6.07, 6.45) is 4.40. The second-order valence-corrected chi connectivity index (χ2v) is 9.07. The normalized spacial score (nSPS) is 28.7. The van der Waals surface area contributed by atoms with E-state index < -0.39 is 22.3 Å². The molecule has 1 N–H and O–H groups in total. The summed E-state index contributed by atoms with van der Waals surface area (Å²) >= 11 is 0. The van der Waals surface area contributed by atoms with Crippen molar-refractivity contribution in [1.82, 2.24) is 13.9 Å². The molecular weight excluding hydrogens is 366 g/mol. The van der Waals surface area contributed by atoms with Gasteiger partial charge in [-0.1, -0.05) is 19.1 Å². The average Bonchev–Trinajstić information content (AvgIpc) is 2.69. The predicted molar refractivity (Wildman–Crippen MR) is 104 cm³/mol. The molecule has 8 heteroatoms. The van der Waals surface area contributed by atoms with Crippen molar-refractivity contribution in [2.24, 2.45) is 0 Å². The van der Waals surface area contributed by atoms with Gasteiger partial charge in [0.25, 0.3) is 10.2 Å². The number of amides is 1. The van der Waals surface area contributed by atoms with E-state index in [2.05, 4.69) is 11.6 Å². The Morgan fingerprint density at radius 2 is 1.96 bits per heavy atom. The molecule has 0 aliphatic carbocycles. The van der Waals surface area contributed by atoms with Crippen LogP contribution in [-0.2, 0) is 15.0 Å². The third-order valence-corrected chi connectivity index (χ3v) is 7.35. The minimum Gasteiger partial charge on any atom is -0.497 e. The first kappa shape index (κ1) is 20.1. The summed E-state index contributed by atoms with van der Waals surface area (Å²) in [4.78, 5) is 15.2. The van der Waals surface area contributed by atoms with Gasteiger partial charge in [-0.15, -0.1) is 0 Å². The molecule has 7 nitrogen and oxygen atoms in total. The summed E-state index contributed by atoms with van der Waals surface area (Å²) in [7, 11) is -0.653. The number of methoxy groups -OCH3 is 1. The highest BCUT2D eigenvalue weighted by atomic mass is 32.2. The van der Waals surface area contributed by atoms with Gasteiger partial charge in [-0.2, -0.15) is 17.4 Å². The number of hydrogen-bond acceptors (Lipinski definition) is 4. The van der Waals surface area contributed by atoms with Gasteiger partial charge < -0.3 is 9.64 Å². The van der Waals surface area contributed by atoms with Gasteiger partial charge in [0.2, 0.25) is 5.91 Å². The monoisotopic (exact) mass is 395 g/mol. The second-order valence-electron chi connectivity index (χ2n) is 7.31. The maximum Gasteiger partial charge on any atom is 0.280 e. The summed E-state index contributed by atoms with van der Waals surface area (Å²) < 4.78 is 34.4. The molecule has 2 heterocycles. The Hall–Kier alpha value is -1.64. The lowest BCUT2D eigenvalue weighted by Gasteiger charge is -2.42. The molecule has 2 aliphatic rings. The largest absolute Gasteiger partial charge is 0.497 e. The number of hydrogen-bond donors (Lipinski definition) is 1. The van der Waals surface area contributed by atoms with Crippen LogP contribution in [0.25, 0.3) is 0 Å². The molecule has 0 aromatic heterocycles. The Balaban J connectivity index is 1.85. The van der Waals surface area contributed by atoms with E-state index in [1.165, 1.54) is 11.4 Å². The molecule has 1 aromatic rings. The summed E-state index contributed by atoms with van der Waals surface area (Å²) in [6, 6.07) is 6.37. The van der Waals surface area contributed by atoms with Gasteiger partial charge in [0, 0.05) is 25.7 Å². The van der Waals surface area contributed by atoms with Crippen LogP contribution >= 0.6 is 0 Å². The van der Waals surface area contributed by atoms with Crippen molar-refractivity contribution >= 4 is 16.1 Å². The Bertz CT molecular complexity index is 766. The van der Waals surface area contributed by atoms with Crippen molar-refractivity contribution in [1.29, 1.82) is 0 Å². The summed E-state index contributed by atoms with van der Waals surface area (Å²) in [6.45, 7) is 2.79. The fraction of sp³-hybridized carbons (Fsp3) is 0.632. The molecule has 3 rings (SSSR count). The highest BCUT2D eigenvalue weighted by molar-refractivity contribution is 7.87. The molecule has 3 atom stereocenters. The molecule has 0 bridgehead atoms. The first-order valence-electron chi connectivity index (χ1n) is 9.57. The highest BCUT2D eigenvalue weighted by Crippen LogP contribution is 2.31. The SMILES string of the molecule is CCC1CCCCN1C(=O)[C@H]1C[C@H](c2ccc(OC)cc2)NS(=O)(=O)N1C. The summed E-state index contributed by atoms with van der Waals surface area (Å²) in [5.41, 5.74) is 0.830. The van der Waals surface area contributed by atoms with Crippen molar-refractivity contribution in [3.63, 3.8) is 0 Å². The molecule has 2 saturated heterocycles. The Kier molecular flexibility index (Phi) is 6.08. The van der Waals surface area contributed by atoms with Gasteiger partial charge in [0.15, 0.2) is 0 Å². The van der Waals surface area contributed by atoms with E-state index in [-0.39, 0.29) is 11.9 Å². The molecule has 150 valence electrons. The summed E-state index contributed by atoms with van der Waals surface area (Å²) in [5.74, 6) is 0.633. The van der Waals surface area contributed by atoms with Crippen molar-refractivity contribution in [3.8, 4) is 5.75 Å². The van der Waals surface area contributed by atoms with Crippen LogP contribution in [-0.4, -0.2) is 56.3 Å². The number of ether oxygens (including phenoxy) is 1. The number of nitrogens with zero attached hydrogens (tertiary/aromatic N) is 2. The summed E-state index contributed by atoms with van der Waals surface area (Å²) in [5, 5.41) is 0. The Morgan fingerprint density at radius 1 is 1.26 bits per heavy atom. The highest BCUT2D eigenvalue weighted by Gasteiger charge is 2.43. The number of carbonyl (C=O) groups is 1. The molecule has 0 spiro atoms. The molecule has 2 fully saturated rings. The van der Waals surface area contributed by atoms with Crippen LogP contribution in [0.4, 0.5) is 0 Å². The fourth-order valence-corrected chi connectivity index (χ4v) is 5.32. The molecular formula is C19H29N3O4S. The average molecular weight is 396 g/mol. The molecule has 0 radical (unpaired) electrons. The van der Waals surface area contributed by atoms with Crippen molar-refractivity contribution < 1.29 is 17.9 Å². The van der Waals surface area contributed by atoms with E-state index in [0.717, 1.165) is 31.2 Å². The van der Waals surface area contributed by atoms with Gasteiger partial charge in [-0.3, -0.25) is 4.79 Å². The fourth-order valence-electron chi connectivity index (χ4n) is 4.05. The van der Waals surface area contributed by atoms with Crippen LogP contribution in [0.15, 0.2) is 24.3 Å². The van der Waals surface area contributed by atoms with E-state index in [0.29, 0.717) is 18.7 Å². The number of carbonyl (C=O) groups excluding carboxylic acids is 1. The zero-order valence-electron chi connectivity index (χ0n) is 16.2. The number of likely N-dealkylation sites (tertiary alicyclic amines) is 1. The molecule has 1 unspecified atom stereocenters. The van der Waals surface area contributed by atoms with E-state index in [4.69, 9.17) is 4.74 Å². The van der Waals surface area contributed by atoms with Crippen LogP contribution in [0, 0.1) is 0 Å². The standard InChI is InChI=1S/C19H29N3O4S/c1-4-15-7-5-6-12-22(15)19(23)18-13-17(20-27(24,25)21(18)2)14-8-10-16(26-3)11-9-14/h8-11,15,17-18,20H,4-7,12-13H2,1-3H3/t15?,17-,18-/m1/s1. The number of nitrogens with one attached hydrogen (secondary N) is 1. The number of benzene rings is 1. The number of likely N-dealkylation sites (N-methyl/N-ethyl adjacent to an activating group) is 1. The number of rotatable bonds is 4. The Labute approximate surface area is 161 Å². The molecule has 1 aromatic carbocycles. The third kappa shape index (κ3) is 4.12. The minimum atomic E-state index is -3.73. The molecule has 27 heavy (non-hydrogen) atoms. The zero-order chi connectivity index (χ0) is 19.6. The van der Waals surface area contributed by atoms with Gasteiger partial charge in [-0.25, -0.2) is 0 Å². The van der Waals surface area contributed by atoms with E-state index >= 15 is 0 Å². The molecule has 2 aliphatic heterocycles. The van der Waals surface area contributed by atoms with Crippen molar-refractivity contribution in [2.75, 3.05) is 20.7 Å². The molecule has 1 amide bonds. The smallest absolute Gasteiger partial charge is 0.280 e. The maximum atomic E-state index is 13.3. The Morgan fingerprint density at radius 3 is 2.59 bits per heavy atom. The quantitative estimate of drug-likeness (QED) is 0.846. The predicted octanol–water partition coefficient (Wildman–Crippen LogP) is 2.07. The lowest BCUT2D eigenvalue weighted by Crippen LogP contribution is -2.59. The van der Waals surface area contributed by atoms with Gasteiger partial charge >= 0.3 is 0 Å². The van der Waals surface area contributed by atoms with Gasteiger partial charge in [0.1, 0.15) is 11.8 Å². The zero-order valence-corrected chi connectivity index (χ0v) is 17.0. The minimum absolute atomic E-state index is 0.0763. The van der Waals surface area contributed by atoms with Crippen LogP contribution in [0.5, 0.6) is 5.75 Å². The lowest BCUT2D eigenvalue weighted by atomic mass is 9.95. The van der Waals surface area contributed by atoms with Crippen molar-refractivity contribution in [2.45, 2.75) is 57.2 Å². The maximum absolute atomic E-state index is 13.3. The first-order chi connectivity index (χ1) is 12.9. The van der Waals surface area contributed by atoms with Crippen molar-refractivity contribution in [3.05, 3.63) is 29.8 Å². The van der Waals surface area contributed by atoms with Gasteiger partial charge in [0.05, 0.1) is 7.11 Å². The van der Waals surface area contributed by atoms with E-state index in [9.17, 15) is 13.2 Å². The van der Waals surface area contributed by atoms with Crippen LogP contribution in [0.3, 0.4) is 0 Å².